The van der Waals surface area contributed by atoms with Crippen molar-refractivity contribution in [2.24, 2.45) is 0 Å². The Morgan fingerprint density at radius 1 is 1.04 bits per heavy atom. The molecule has 4 nitrogen and oxygen atoms in total. The van der Waals surface area contributed by atoms with Crippen molar-refractivity contribution in [2.45, 2.75) is 39.5 Å². The molecule has 0 saturated carbocycles. The summed E-state index contributed by atoms with van der Waals surface area (Å²) in [6.45, 7) is 7.09. The zero-order chi connectivity index (χ0) is 18.5. The van der Waals surface area contributed by atoms with E-state index >= 15 is 0 Å². The Labute approximate surface area is 154 Å². The van der Waals surface area contributed by atoms with Crippen LogP contribution in [0.5, 0.6) is 5.75 Å². The van der Waals surface area contributed by atoms with Crippen LogP contribution in [-0.4, -0.2) is 22.7 Å². The number of aliphatic hydroxyl groups excluding tert-OH is 1. The van der Waals surface area contributed by atoms with Gasteiger partial charge in [-0.1, -0.05) is 56.3 Å². The topological polar surface area (TPSA) is 54.4 Å². The van der Waals surface area contributed by atoms with E-state index in [9.17, 15) is 5.11 Å². The normalized spacial score (nSPS) is 12.5. The van der Waals surface area contributed by atoms with E-state index in [4.69, 9.17) is 4.74 Å². The highest BCUT2D eigenvalue weighted by Gasteiger charge is 2.15. The first-order valence-corrected chi connectivity index (χ1v) is 9.03. The molecule has 0 fully saturated rings. The average Bonchev–Trinajstić information content (AvgIpc) is 2.64. The fraction of sp³-hybridized carbons (Fsp3) is 0.318. The summed E-state index contributed by atoms with van der Waals surface area (Å²) in [5, 5.41) is 14.8. The molecular formula is C22H26N2O2. The second-order valence-electron chi connectivity index (χ2n) is 6.85. The molecule has 0 aliphatic rings. The van der Waals surface area contributed by atoms with Crippen LogP contribution in [-0.2, 0) is 6.61 Å². The van der Waals surface area contributed by atoms with Crippen molar-refractivity contribution in [1.29, 1.82) is 0 Å². The van der Waals surface area contributed by atoms with Crippen LogP contribution in [0.2, 0.25) is 0 Å². The summed E-state index contributed by atoms with van der Waals surface area (Å²) in [7, 11) is 0. The fourth-order valence-electron chi connectivity index (χ4n) is 2.91. The van der Waals surface area contributed by atoms with Crippen molar-refractivity contribution in [3.8, 4) is 5.75 Å². The van der Waals surface area contributed by atoms with E-state index in [2.05, 4.69) is 24.1 Å². The number of fused-ring (bicyclic) bond motifs is 1. The lowest BCUT2D eigenvalue weighted by atomic mass is 10.0. The molecule has 1 aromatic heterocycles. The molecule has 26 heavy (non-hydrogen) atoms. The molecule has 3 rings (SSSR count). The van der Waals surface area contributed by atoms with Crippen molar-refractivity contribution in [3.05, 3.63) is 71.4 Å². The Hall–Kier alpha value is -2.43. The summed E-state index contributed by atoms with van der Waals surface area (Å²) in [6, 6.07) is 18.2. The van der Waals surface area contributed by atoms with Gasteiger partial charge in [-0.05, 0) is 30.2 Å². The van der Waals surface area contributed by atoms with Crippen LogP contribution in [0.25, 0.3) is 10.9 Å². The first kappa shape index (κ1) is 18.4. The minimum absolute atomic E-state index is 0.324. The molecule has 0 bridgehead atoms. The Bertz CT molecular complexity index is 863. The number of benzene rings is 2. The minimum Gasteiger partial charge on any atom is -0.487 e. The number of ether oxygens (including phenoxy) is 1. The van der Waals surface area contributed by atoms with Gasteiger partial charge in [-0.25, -0.2) is 4.98 Å². The van der Waals surface area contributed by atoms with E-state index < -0.39 is 6.10 Å². The number of aliphatic hydroxyl groups is 1. The lowest BCUT2D eigenvalue weighted by molar-refractivity contribution is 0.173. The molecule has 1 atom stereocenters. The van der Waals surface area contributed by atoms with Crippen molar-refractivity contribution < 1.29 is 9.84 Å². The maximum absolute atomic E-state index is 10.6. The first-order chi connectivity index (χ1) is 12.5. The first-order valence-electron chi connectivity index (χ1n) is 9.03. The summed E-state index contributed by atoms with van der Waals surface area (Å²) in [5.41, 5.74) is 3.70. The van der Waals surface area contributed by atoms with Crippen LogP contribution in [0.1, 0.15) is 36.8 Å². The zero-order valence-electron chi connectivity index (χ0n) is 15.6. The molecule has 3 aromatic rings. The second-order valence-corrected chi connectivity index (χ2v) is 6.85. The standard InChI is InChI=1S/C22H26N2O2/c1-15(2)23-13-20(25)18-11-12-21(22-19(18)10-9-16(3)24-22)26-14-17-7-5-4-6-8-17/h4-12,15,20,23,25H,13-14H2,1-3H3. The lowest BCUT2D eigenvalue weighted by Crippen LogP contribution is -2.28. The van der Waals surface area contributed by atoms with Crippen molar-refractivity contribution in [3.63, 3.8) is 0 Å². The van der Waals surface area contributed by atoms with E-state index in [0.29, 0.717) is 19.2 Å². The second kappa shape index (κ2) is 8.30. The Morgan fingerprint density at radius 3 is 2.54 bits per heavy atom. The van der Waals surface area contributed by atoms with Gasteiger partial charge in [0.15, 0.2) is 0 Å². The Balaban J connectivity index is 1.90. The van der Waals surface area contributed by atoms with Gasteiger partial charge < -0.3 is 15.2 Å². The van der Waals surface area contributed by atoms with Crippen molar-refractivity contribution in [2.75, 3.05) is 6.54 Å². The van der Waals surface area contributed by atoms with E-state index in [-0.39, 0.29) is 0 Å². The lowest BCUT2D eigenvalue weighted by Gasteiger charge is -2.18. The summed E-state index contributed by atoms with van der Waals surface area (Å²) < 4.78 is 6.03. The average molecular weight is 350 g/mol. The van der Waals surface area contributed by atoms with Gasteiger partial charge in [0.25, 0.3) is 0 Å². The number of hydrogen-bond acceptors (Lipinski definition) is 4. The van der Waals surface area contributed by atoms with Gasteiger partial charge in [0.1, 0.15) is 17.9 Å². The largest absolute Gasteiger partial charge is 0.487 e. The van der Waals surface area contributed by atoms with Gasteiger partial charge in [0, 0.05) is 23.7 Å². The smallest absolute Gasteiger partial charge is 0.146 e. The molecule has 1 heterocycles. The van der Waals surface area contributed by atoms with E-state index in [0.717, 1.165) is 33.5 Å². The van der Waals surface area contributed by atoms with Gasteiger partial charge in [-0.15, -0.1) is 0 Å². The molecule has 0 radical (unpaired) electrons. The number of nitrogens with one attached hydrogen (secondary N) is 1. The molecule has 4 heteroatoms. The zero-order valence-corrected chi connectivity index (χ0v) is 15.6. The predicted octanol–water partition coefficient (Wildman–Crippen LogP) is 4.15. The number of nitrogens with zero attached hydrogens (tertiary/aromatic N) is 1. The summed E-state index contributed by atoms with van der Waals surface area (Å²) in [4.78, 5) is 4.67. The van der Waals surface area contributed by atoms with Crippen molar-refractivity contribution >= 4 is 10.9 Å². The number of hydrogen-bond donors (Lipinski definition) is 2. The van der Waals surface area contributed by atoms with E-state index in [1.165, 1.54) is 0 Å². The summed E-state index contributed by atoms with van der Waals surface area (Å²) in [5.74, 6) is 0.736. The molecule has 2 aromatic carbocycles. The van der Waals surface area contributed by atoms with Gasteiger partial charge in [-0.3, -0.25) is 0 Å². The molecule has 2 N–H and O–H groups in total. The number of pyridine rings is 1. The highest BCUT2D eigenvalue weighted by molar-refractivity contribution is 5.88. The fourth-order valence-corrected chi connectivity index (χ4v) is 2.91. The Morgan fingerprint density at radius 2 is 1.81 bits per heavy atom. The molecule has 0 aliphatic carbocycles. The maximum Gasteiger partial charge on any atom is 0.146 e. The van der Waals surface area contributed by atoms with Crippen LogP contribution >= 0.6 is 0 Å². The SMILES string of the molecule is Cc1ccc2c(C(O)CNC(C)C)ccc(OCc3ccccc3)c2n1. The van der Waals surface area contributed by atoms with Gasteiger partial charge in [0.05, 0.1) is 6.10 Å². The molecule has 0 spiro atoms. The third-order valence-electron chi connectivity index (χ3n) is 4.31. The predicted molar refractivity (Wildman–Crippen MR) is 105 cm³/mol. The molecule has 1 unspecified atom stereocenters. The van der Waals surface area contributed by atoms with Gasteiger partial charge in [0.2, 0.25) is 0 Å². The van der Waals surface area contributed by atoms with Crippen LogP contribution in [0.3, 0.4) is 0 Å². The minimum atomic E-state index is -0.590. The van der Waals surface area contributed by atoms with Gasteiger partial charge >= 0.3 is 0 Å². The summed E-state index contributed by atoms with van der Waals surface area (Å²) in [6.07, 6.45) is -0.590. The molecular weight excluding hydrogens is 324 g/mol. The highest BCUT2D eigenvalue weighted by atomic mass is 16.5. The van der Waals surface area contributed by atoms with Crippen LogP contribution in [0, 0.1) is 6.92 Å². The van der Waals surface area contributed by atoms with Crippen LogP contribution < -0.4 is 10.1 Å². The van der Waals surface area contributed by atoms with Crippen LogP contribution in [0.4, 0.5) is 0 Å². The third-order valence-corrected chi connectivity index (χ3v) is 4.31. The highest BCUT2D eigenvalue weighted by Crippen LogP contribution is 2.31. The number of aromatic nitrogens is 1. The molecule has 0 saturated heterocycles. The molecule has 0 amide bonds. The summed E-state index contributed by atoms with van der Waals surface area (Å²) >= 11 is 0. The van der Waals surface area contributed by atoms with E-state index in [1.54, 1.807) is 0 Å². The maximum atomic E-state index is 10.6. The quantitative estimate of drug-likeness (QED) is 0.672. The third kappa shape index (κ3) is 4.40. The van der Waals surface area contributed by atoms with Gasteiger partial charge in [-0.2, -0.15) is 0 Å². The number of rotatable bonds is 7. The van der Waals surface area contributed by atoms with Crippen molar-refractivity contribution in [1.82, 2.24) is 10.3 Å². The monoisotopic (exact) mass is 350 g/mol. The van der Waals surface area contributed by atoms with E-state index in [1.807, 2.05) is 61.5 Å². The number of aryl methyl sites for hydroxylation is 1. The Kier molecular flexibility index (Phi) is 5.86. The van der Waals surface area contributed by atoms with Crippen LogP contribution in [0.15, 0.2) is 54.6 Å². The molecule has 136 valence electrons. The molecule has 0 aliphatic heterocycles.